The van der Waals surface area contributed by atoms with Crippen LogP contribution >= 0.6 is 11.5 Å². The fourth-order valence-electron chi connectivity index (χ4n) is 2.31. The molecule has 0 spiro atoms. The Bertz CT molecular complexity index is 872. The van der Waals surface area contributed by atoms with E-state index in [2.05, 4.69) is 50.7 Å². The summed E-state index contributed by atoms with van der Waals surface area (Å²) in [5.74, 6) is 0.821. The van der Waals surface area contributed by atoms with Crippen molar-refractivity contribution in [3.05, 3.63) is 54.1 Å². The number of aryl methyl sites for hydroxylation is 1. The summed E-state index contributed by atoms with van der Waals surface area (Å²) in [5.41, 5.74) is 5.14. The van der Waals surface area contributed by atoms with E-state index in [-0.39, 0.29) is 0 Å². The maximum atomic E-state index is 4.63. The molecule has 5 heteroatoms. The second-order valence-electron chi connectivity index (χ2n) is 4.92. The Morgan fingerprint density at radius 2 is 1.81 bits per heavy atom. The van der Waals surface area contributed by atoms with E-state index >= 15 is 0 Å². The predicted octanol–water partition coefficient (Wildman–Crippen LogP) is 4.06. The van der Waals surface area contributed by atoms with E-state index in [9.17, 15) is 0 Å². The summed E-state index contributed by atoms with van der Waals surface area (Å²) in [6.07, 6.45) is 0. The molecule has 0 unspecified atom stereocenters. The number of fused-ring (bicyclic) bond motifs is 1. The van der Waals surface area contributed by atoms with Crippen molar-refractivity contribution in [1.82, 2.24) is 19.6 Å². The zero-order valence-corrected chi connectivity index (χ0v) is 12.2. The lowest BCUT2D eigenvalue weighted by Crippen LogP contribution is -1.84. The van der Waals surface area contributed by atoms with Crippen LogP contribution in [0.2, 0.25) is 0 Å². The van der Waals surface area contributed by atoms with Crippen molar-refractivity contribution in [3.63, 3.8) is 0 Å². The summed E-state index contributed by atoms with van der Waals surface area (Å²) < 4.78 is 4.10. The highest BCUT2D eigenvalue weighted by Gasteiger charge is 2.15. The molecule has 4 nitrogen and oxygen atoms in total. The van der Waals surface area contributed by atoms with Crippen LogP contribution in [0.5, 0.6) is 0 Å². The van der Waals surface area contributed by atoms with Crippen LogP contribution in [0, 0.1) is 6.92 Å². The molecule has 0 bridgehead atoms. The van der Waals surface area contributed by atoms with Crippen molar-refractivity contribution >= 4 is 22.6 Å². The van der Waals surface area contributed by atoms with Gasteiger partial charge in [0.1, 0.15) is 10.6 Å². The van der Waals surface area contributed by atoms with Crippen LogP contribution in [0.1, 0.15) is 5.56 Å². The average Bonchev–Trinajstić information content (AvgIpc) is 3.14. The second kappa shape index (κ2) is 4.79. The van der Waals surface area contributed by atoms with Gasteiger partial charge in [-0.2, -0.15) is 0 Å². The lowest BCUT2D eigenvalue weighted by Gasteiger charge is -1.99. The van der Waals surface area contributed by atoms with E-state index in [0.29, 0.717) is 0 Å². The summed E-state index contributed by atoms with van der Waals surface area (Å²) in [5, 5.41) is 4.27. The molecule has 2 aromatic heterocycles. The molecular weight excluding hydrogens is 280 g/mol. The molecule has 0 saturated heterocycles. The number of imidazole rings is 1. The molecule has 1 N–H and O–H groups in total. The van der Waals surface area contributed by atoms with E-state index in [0.717, 1.165) is 33.0 Å². The first-order valence-electron chi connectivity index (χ1n) is 6.66. The smallest absolute Gasteiger partial charge is 0.152 e. The highest BCUT2D eigenvalue weighted by molar-refractivity contribution is 7.09. The topological polar surface area (TPSA) is 54.5 Å². The molecule has 4 aromatic rings. The Balaban J connectivity index is 1.86. The lowest BCUT2D eigenvalue weighted by molar-refractivity contribution is 1.16. The van der Waals surface area contributed by atoms with Crippen LogP contribution < -0.4 is 0 Å². The fourth-order valence-corrected chi connectivity index (χ4v) is 2.94. The number of nitrogens with zero attached hydrogens (tertiary/aromatic N) is 3. The summed E-state index contributed by atoms with van der Waals surface area (Å²) in [4.78, 5) is 8.94. The van der Waals surface area contributed by atoms with Gasteiger partial charge in [-0.3, -0.25) is 0 Å². The molecule has 0 fully saturated rings. The predicted molar refractivity (Wildman–Crippen MR) is 85.2 cm³/mol. The SMILES string of the molecule is Cc1ccc(-c2nnsc2-c2nc3ccccc3[nH]2)cc1. The van der Waals surface area contributed by atoms with E-state index in [4.69, 9.17) is 0 Å². The minimum atomic E-state index is 0.821. The maximum Gasteiger partial charge on any atom is 0.152 e. The molecule has 2 heterocycles. The molecule has 0 radical (unpaired) electrons. The second-order valence-corrected chi connectivity index (χ2v) is 5.67. The standard InChI is InChI=1S/C16H12N4S/c1-10-6-8-11(9-7-10)14-15(21-20-19-14)16-17-12-4-2-3-5-13(12)18-16/h2-9H,1H3,(H,17,18). The quantitative estimate of drug-likeness (QED) is 0.606. The third kappa shape index (κ3) is 2.11. The summed E-state index contributed by atoms with van der Waals surface area (Å²) >= 11 is 1.36. The molecule has 0 aliphatic heterocycles. The number of benzene rings is 2. The number of hydrogen-bond acceptors (Lipinski definition) is 4. The van der Waals surface area contributed by atoms with Crippen molar-refractivity contribution in [2.45, 2.75) is 6.92 Å². The van der Waals surface area contributed by atoms with Crippen LogP contribution in [0.25, 0.3) is 33.0 Å². The molecule has 2 aromatic carbocycles. The van der Waals surface area contributed by atoms with Gasteiger partial charge in [-0.25, -0.2) is 4.98 Å². The minimum Gasteiger partial charge on any atom is -0.337 e. The monoisotopic (exact) mass is 292 g/mol. The first-order chi connectivity index (χ1) is 10.3. The van der Waals surface area contributed by atoms with Crippen molar-refractivity contribution in [2.75, 3.05) is 0 Å². The van der Waals surface area contributed by atoms with Gasteiger partial charge in [0.05, 0.1) is 11.0 Å². The number of nitrogens with one attached hydrogen (secondary N) is 1. The van der Waals surface area contributed by atoms with Gasteiger partial charge in [0.15, 0.2) is 5.82 Å². The molecule has 0 saturated carbocycles. The number of H-pyrrole nitrogens is 1. The fraction of sp³-hybridized carbons (Fsp3) is 0.0625. The van der Waals surface area contributed by atoms with E-state index in [1.165, 1.54) is 17.1 Å². The number of rotatable bonds is 2. The van der Waals surface area contributed by atoms with E-state index in [1.807, 2.05) is 24.3 Å². The molecule has 0 amide bonds. The molecule has 0 aliphatic rings. The van der Waals surface area contributed by atoms with Gasteiger partial charge in [-0.1, -0.05) is 46.4 Å². The molecule has 4 rings (SSSR count). The summed E-state index contributed by atoms with van der Waals surface area (Å²) in [6.45, 7) is 2.07. The third-order valence-corrected chi connectivity index (χ3v) is 4.15. The van der Waals surface area contributed by atoms with Gasteiger partial charge in [0.25, 0.3) is 0 Å². The van der Waals surface area contributed by atoms with Crippen LogP contribution in [0.4, 0.5) is 0 Å². The first-order valence-corrected chi connectivity index (χ1v) is 7.43. The average molecular weight is 292 g/mol. The van der Waals surface area contributed by atoms with E-state index in [1.54, 1.807) is 0 Å². The summed E-state index contributed by atoms with van der Waals surface area (Å²) in [6, 6.07) is 16.3. The highest BCUT2D eigenvalue weighted by Crippen LogP contribution is 2.32. The Morgan fingerprint density at radius 3 is 2.62 bits per heavy atom. The van der Waals surface area contributed by atoms with Crippen molar-refractivity contribution < 1.29 is 0 Å². The van der Waals surface area contributed by atoms with Gasteiger partial charge in [0.2, 0.25) is 0 Å². The maximum absolute atomic E-state index is 4.63. The molecule has 0 atom stereocenters. The number of aromatic amines is 1. The molecule has 0 aliphatic carbocycles. The van der Waals surface area contributed by atoms with Crippen molar-refractivity contribution in [3.8, 4) is 22.0 Å². The normalized spacial score (nSPS) is 11.1. The van der Waals surface area contributed by atoms with Crippen molar-refractivity contribution in [1.29, 1.82) is 0 Å². The van der Waals surface area contributed by atoms with Gasteiger partial charge in [0, 0.05) is 5.56 Å². The zero-order chi connectivity index (χ0) is 14.2. The third-order valence-electron chi connectivity index (χ3n) is 3.42. The Kier molecular flexibility index (Phi) is 2.79. The Morgan fingerprint density at radius 1 is 1.00 bits per heavy atom. The van der Waals surface area contributed by atoms with Gasteiger partial charge < -0.3 is 4.98 Å². The van der Waals surface area contributed by atoms with Gasteiger partial charge in [-0.15, -0.1) is 5.10 Å². The van der Waals surface area contributed by atoms with Gasteiger partial charge in [-0.05, 0) is 30.6 Å². The lowest BCUT2D eigenvalue weighted by atomic mass is 10.1. The molecule has 102 valence electrons. The Labute approximate surface area is 125 Å². The number of aromatic nitrogens is 4. The van der Waals surface area contributed by atoms with Crippen LogP contribution in [0.15, 0.2) is 48.5 Å². The molecule has 21 heavy (non-hydrogen) atoms. The first kappa shape index (κ1) is 12.2. The van der Waals surface area contributed by atoms with Crippen LogP contribution in [-0.2, 0) is 0 Å². The van der Waals surface area contributed by atoms with Crippen molar-refractivity contribution in [2.24, 2.45) is 0 Å². The van der Waals surface area contributed by atoms with Crippen LogP contribution in [-0.4, -0.2) is 19.6 Å². The Hall–Kier alpha value is -2.53. The zero-order valence-electron chi connectivity index (χ0n) is 11.4. The van der Waals surface area contributed by atoms with Crippen LogP contribution in [0.3, 0.4) is 0 Å². The minimum absolute atomic E-state index is 0.821. The molecular formula is C16H12N4S. The van der Waals surface area contributed by atoms with E-state index < -0.39 is 0 Å². The number of para-hydroxylation sites is 2. The highest BCUT2D eigenvalue weighted by atomic mass is 32.1. The number of hydrogen-bond donors (Lipinski definition) is 1. The summed E-state index contributed by atoms with van der Waals surface area (Å²) in [7, 11) is 0. The van der Waals surface area contributed by atoms with Gasteiger partial charge >= 0.3 is 0 Å². The largest absolute Gasteiger partial charge is 0.337 e.